The number of aromatic nitrogens is 4. The highest BCUT2D eigenvalue weighted by molar-refractivity contribution is 5.30. The third-order valence-electron chi connectivity index (χ3n) is 3.23. The van der Waals surface area contributed by atoms with Crippen molar-refractivity contribution in [3.05, 3.63) is 59.7 Å². The van der Waals surface area contributed by atoms with Crippen molar-refractivity contribution in [2.75, 3.05) is 11.5 Å². The number of nitrogen functional groups attached to an aromatic ring is 2. The number of nitrogens with two attached hydrogens (primary N) is 2. The maximum atomic E-state index is 13.0. The van der Waals surface area contributed by atoms with Crippen LogP contribution < -0.4 is 20.9 Å². The summed E-state index contributed by atoms with van der Waals surface area (Å²) in [5, 5.41) is 0. The van der Waals surface area contributed by atoms with Gasteiger partial charge >= 0.3 is 6.01 Å². The maximum absolute atomic E-state index is 13.0. The van der Waals surface area contributed by atoms with Crippen LogP contribution in [-0.4, -0.2) is 19.9 Å². The Morgan fingerprint density at radius 1 is 0.808 bits per heavy atom. The monoisotopic (exact) mass is 360 g/mol. The molecule has 8 nitrogen and oxygen atoms in total. The second kappa shape index (κ2) is 7.55. The second-order valence-electron chi connectivity index (χ2n) is 5.13. The molecular weight excluding hydrogens is 346 g/mol. The largest absolute Gasteiger partial charge is 0.486 e. The molecule has 0 aliphatic heterocycles. The van der Waals surface area contributed by atoms with Gasteiger partial charge in [0.15, 0.2) is 29.1 Å². The molecule has 134 valence electrons. The first kappa shape index (κ1) is 17.3. The lowest BCUT2D eigenvalue weighted by atomic mass is 10.2. The number of benzene rings is 1. The van der Waals surface area contributed by atoms with Crippen molar-refractivity contribution >= 4 is 11.6 Å². The molecular formula is C16H14F2N6O2. The van der Waals surface area contributed by atoms with Crippen LogP contribution in [0, 0.1) is 11.6 Å². The summed E-state index contributed by atoms with van der Waals surface area (Å²) in [6, 6.07) is 6.94. The predicted octanol–water partition coefficient (Wildman–Crippen LogP) is 1.87. The van der Waals surface area contributed by atoms with Crippen molar-refractivity contribution in [2.24, 2.45) is 0 Å². The Balaban J connectivity index is 1.54. The van der Waals surface area contributed by atoms with Gasteiger partial charge < -0.3 is 20.9 Å². The molecule has 10 heteroatoms. The molecule has 3 rings (SSSR count). The van der Waals surface area contributed by atoms with E-state index in [0.717, 1.165) is 18.0 Å². The van der Waals surface area contributed by atoms with E-state index in [9.17, 15) is 8.78 Å². The van der Waals surface area contributed by atoms with E-state index < -0.39 is 11.6 Å². The average Bonchev–Trinajstić information content (AvgIpc) is 2.64. The fourth-order valence-electron chi connectivity index (χ4n) is 1.90. The fraction of sp³-hybridized carbons (Fsp3) is 0.125. The van der Waals surface area contributed by atoms with Crippen molar-refractivity contribution in [1.29, 1.82) is 0 Å². The van der Waals surface area contributed by atoms with Gasteiger partial charge in [-0.15, -0.1) is 0 Å². The highest BCUT2D eigenvalue weighted by atomic mass is 19.1. The lowest BCUT2D eigenvalue weighted by molar-refractivity contribution is 0.278. The summed E-state index contributed by atoms with van der Waals surface area (Å²) < 4.78 is 36.8. The van der Waals surface area contributed by atoms with E-state index in [1.807, 2.05) is 0 Å². The number of ether oxygens (including phenoxy) is 2. The third-order valence-corrected chi connectivity index (χ3v) is 3.23. The van der Waals surface area contributed by atoms with Gasteiger partial charge in [0, 0.05) is 0 Å². The number of hydrogen-bond donors (Lipinski definition) is 2. The Morgan fingerprint density at radius 3 is 2.12 bits per heavy atom. The molecule has 4 N–H and O–H groups in total. The quantitative estimate of drug-likeness (QED) is 0.683. The van der Waals surface area contributed by atoms with Gasteiger partial charge in [-0.25, -0.2) is 23.7 Å². The van der Waals surface area contributed by atoms with Gasteiger partial charge in [-0.1, -0.05) is 12.1 Å². The van der Waals surface area contributed by atoms with Crippen LogP contribution in [0.2, 0.25) is 0 Å². The van der Waals surface area contributed by atoms with E-state index in [1.165, 1.54) is 0 Å². The van der Waals surface area contributed by atoms with Crippen LogP contribution in [0.15, 0.2) is 36.7 Å². The van der Waals surface area contributed by atoms with E-state index >= 15 is 0 Å². The molecule has 0 spiro atoms. The van der Waals surface area contributed by atoms with E-state index in [-0.39, 0.29) is 36.7 Å². The van der Waals surface area contributed by atoms with Crippen molar-refractivity contribution in [2.45, 2.75) is 13.2 Å². The Bertz CT molecular complexity index is 833. The predicted molar refractivity (Wildman–Crippen MR) is 87.9 cm³/mol. The molecule has 2 heterocycles. The zero-order chi connectivity index (χ0) is 18.5. The van der Waals surface area contributed by atoms with Crippen LogP contribution in [0.4, 0.5) is 20.4 Å². The lowest BCUT2D eigenvalue weighted by Gasteiger charge is -2.08. The third kappa shape index (κ3) is 4.29. The summed E-state index contributed by atoms with van der Waals surface area (Å²) in [5.74, 6) is -1.06. The summed E-state index contributed by atoms with van der Waals surface area (Å²) in [7, 11) is 0. The molecule has 3 aromatic rings. The standard InChI is InChI=1S/C16H14F2N6O2/c17-11-5-21-13(23-14(11)19)8-25-10-3-1-9(2-4-10)7-26-16-22-6-12(18)15(20)24-16/h1-6H,7-8H2,(H2,19,21,23)(H2,20,22,24). The maximum Gasteiger partial charge on any atom is 0.318 e. The molecule has 0 bridgehead atoms. The SMILES string of the molecule is Nc1nc(COc2ccc(COc3ncc(F)c(N)n3)cc2)ncc1F. The van der Waals surface area contributed by atoms with Gasteiger partial charge in [-0.05, 0) is 17.7 Å². The van der Waals surface area contributed by atoms with Crippen LogP contribution >= 0.6 is 0 Å². The Kier molecular flexibility index (Phi) is 5.02. The molecule has 1 aromatic carbocycles. The minimum Gasteiger partial charge on any atom is -0.486 e. The van der Waals surface area contributed by atoms with Gasteiger partial charge in [0.2, 0.25) is 0 Å². The Hall–Kier alpha value is -3.56. The zero-order valence-corrected chi connectivity index (χ0v) is 13.4. The second-order valence-corrected chi connectivity index (χ2v) is 5.13. The van der Waals surface area contributed by atoms with Crippen molar-refractivity contribution in [3.63, 3.8) is 0 Å². The fourth-order valence-corrected chi connectivity index (χ4v) is 1.90. The summed E-state index contributed by atoms with van der Waals surface area (Å²) in [4.78, 5) is 14.9. The highest BCUT2D eigenvalue weighted by Gasteiger charge is 2.06. The Labute approximate surface area is 146 Å². The molecule has 26 heavy (non-hydrogen) atoms. The molecule has 0 amide bonds. The van der Waals surface area contributed by atoms with E-state index in [2.05, 4.69) is 19.9 Å². The smallest absolute Gasteiger partial charge is 0.318 e. The van der Waals surface area contributed by atoms with Crippen molar-refractivity contribution < 1.29 is 18.3 Å². The minimum absolute atomic E-state index is 0.0183. The highest BCUT2D eigenvalue weighted by Crippen LogP contribution is 2.16. The topological polar surface area (TPSA) is 122 Å². The van der Waals surface area contributed by atoms with Crippen LogP contribution in [-0.2, 0) is 13.2 Å². The molecule has 0 aliphatic rings. The van der Waals surface area contributed by atoms with Crippen LogP contribution in [0.1, 0.15) is 11.4 Å². The molecule has 0 aliphatic carbocycles. The number of nitrogens with zero attached hydrogens (tertiary/aromatic N) is 4. The van der Waals surface area contributed by atoms with E-state index in [1.54, 1.807) is 24.3 Å². The van der Waals surface area contributed by atoms with Gasteiger partial charge in [0.1, 0.15) is 19.0 Å². The van der Waals surface area contributed by atoms with Gasteiger partial charge in [0.25, 0.3) is 0 Å². The van der Waals surface area contributed by atoms with Crippen molar-refractivity contribution in [3.8, 4) is 11.8 Å². The van der Waals surface area contributed by atoms with Gasteiger partial charge in [-0.2, -0.15) is 4.98 Å². The first-order valence-corrected chi connectivity index (χ1v) is 7.40. The summed E-state index contributed by atoms with van der Waals surface area (Å²) in [6.45, 7) is 0.214. The van der Waals surface area contributed by atoms with E-state index in [4.69, 9.17) is 20.9 Å². The van der Waals surface area contributed by atoms with Crippen LogP contribution in [0.3, 0.4) is 0 Å². The number of rotatable bonds is 6. The minimum atomic E-state index is -0.703. The zero-order valence-electron chi connectivity index (χ0n) is 13.4. The number of halogens is 2. The molecule has 0 radical (unpaired) electrons. The summed E-state index contributed by atoms with van der Waals surface area (Å²) >= 11 is 0. The first-order chi connectivity index (χ1) is 12.5. The van der Waals surface area contributed by atoms with E-state index in [0.29, 0.717) is 5.75 Å². The van der Waals surface area contributed by atoms with Crippen LogP contribution in [0.5, 0.6) is 11.8 Å². The molecule has 0 atom stereocenters. The normalized spacial score (nSPS) is 10.5. The van der Waals surface area contributed by atoms with Gasteiger partial charge in [0.05, 0.1) is 12.4 Å². The average molecular weight is 360 g/mol. The summed E-state index contributed by atoms with van der Waals surface area (Å²) in [5.41, 5.74) is 11.5. The summed E-state index contributed by atoms with van der Waals surface area (Å²) in [6.07, 6.45) is 1.94. The number of anilines is 2. The number of hydrogen-bond acceptors (Lipinski definition) is 8. The van der Waals surface area contributed by atoms with Crippen LogP contribution in [0.25, 0.3) is 0 Å². The molecule has 0 fully saturated rings. The molecule has 2 aromatic heterocycles. The molecule has 0 saturated carbocycles. The Morgan fingerprint density at radius 2 is 1.46 bits per heavy atom. The molecule has 0 unspecified atom stereocenters. The first-order valence-electron chi connectivity index (χ1n) is 7.40. The molecule has 0 saturated heterocycles. The lowest BCUT2D eigenvalue weighted by Crippen LogP contribution is -2.06. The van der Waals surface area contributed by atoms with Gasteiger partial charge in [-0.3, -0.25) is 0 Å². The van der Waals surface area contributed by atoms with Crippen molar-refractivity contribution in [1.82, 2.24) is 19.9 Å².